The minimum absolute atomic E-state index is 0.0600. The summed E-state index contributed by atoms with van der Waals surface area (Å²) in [6.07, 6.45) is 8.05. The van der Waals surface area contributed by atoms with Gasteiger partial charge >= 0.3 is 0 Å². The predicted octanol–water partition coefficient (Wildman–Crippen LogP) is 8.33. The van der Waals surface area contributed by atoms with E-state index in [-0.39, 0.29) is 29.0 Å². The van der Waals surface area contributed by atoms with Crippen LogP contribution in [-0.2, 0) is 21.2 Å². The Morgan fingerprint density at radius 1 is 0.984 bits per heavy atom. The van der Waals surface area contributed by atoms with Gasteiger partial charge in [0.25, 0.3) is 21.6 Å². The minimum Gasteiger partial charge on any atom is -0.455 e. The summed E-state index contributed by atoms with van der Waals surface area (Å²) in [6.45, 7) is 3.65. The molecule has 4 aromatic carbocycles. The highest BCUT2D eigenvalue weighted by Gasteiger charge is 2.29. The zero-order valence-corrected chi connectivity index (χ0v) is 35.0. The monoisotopic (exact) mass is 843 g/mol. The average molecular weight is 844 g/mol. The third kappa shape index (κ3) is 9.54. The van der Waals surface area contributed by atoms with Gasteiger partial charge in [-0.05, 0) is 123 Å². The standard InChI is InChI=1S/C46H49N7O7S/c1-51(2)23-18-33-6-3-4-7-39(33)42-8-5-22-52(42)36-12-9-32(10-13-36)34-11-15-40(44(27-34)60-37-26-35-17-21-47-45(35)49-30-37)46(54)50-61(57,58)38-14-16-41(43(28-38)53(55)56)48-29-31-19-24-59-25-20-31/h3-4,6-7,9-17,21,26-28,30-31,42,48H,5,8,18-20,22-25,29H2,1-2H3,(H,47,49)(H,50,54). The molecule has 3 N–H and O–H groups in total. The van der Waals surface area contributed by atoms with E-state index in [9.17, 15) is 23.3 Å². The molecule has 0 spiro atoms. The smallest absolute Gasteiger partial charge is 0.293 e. The number of ether oxygens (including phenoxy) is 2. The maximum atomic E-state index is 13.9. The van der Waals surface area contributed by atoms with Gasteiger partial charge in [-0.15, -0.1) is 0 Å². The first kappa shape index (κ1) is 41.4. The average Bonchev–Trinajstić information content (AvgIpc) is 3.95. The van der Waals surface area contributed by atoms with Crippen molar-refractivity contribution < 1.29 is 27.6 Å². The highest BCUT2D eigenvalue weighted by Crippen LogP contribution is 2.39. The quantitative estimate of drug-likeness (QED) is 0.0671. The molecule has 1 unspecified atom stereocenters. The first-order valence-corrected chi connectivity index (χ1v) is 22.0. The second-order valence-electron chi connectivity index (χ2n) is 15.9. The molecule has 1 atom stereocenters. The molecule has 14 nitrogen and oxygen atoms in total. The highest BCUT2D eigenvalue weighted by atomic mass is 32.2. The van der Waals surface area contributed by atoms with Crippen LogP contribution in [-0.4, -0.2) is 81.1 Å². The van der Waals surface area contributed by atoms with Crippen molar-refractivity contribution in [2.24, 2.45) is 5.92 Å². The first-order valence-electron chi connectivity index (χ1n) is 20.5. The van der Waals surface area contributed by atoms with Crippen LogP contribution >= 0.6 is 0 Å². The molecule has 61 heavy (non-hydrogen) atoms. The van der Waals surface area contributed by atoms with Crippen molar-refractivity contribution in [3.63, 3.8) is 0 Å². The van der Waals surface area contributed by atoms with Crippen LogP contribution in [0.2, 0.25) is 0 Å². The molecule has 15 heteroatoms. The number of carbonyl (C=O) groups excluding carboxylic acids is 1. The predicted molar refractivity (Wildman–Crippen MR) is 236 cm³/mol. The Balaban J connectivity index is 1.05. The number of rotatable bonds is 15. The summed E-state index contributed by atoms with van der Waals surface area (Å²) in [6, 6.07) is 29.4. The number of nitro groups is 1. The molecule has 0 radical (unpaired) electrons. The third-order valence-corrected chi connectivity index (χ3v) is 12.8. The third-order valence-electron chi connectivity index (χ3n) is 11.5. The fourth-order valence-corrected chi connectivity index (χ4v) is 9.16. The lowest BCUT2D eigenvalue weighted by atomic mass is 9.96. The van der Waals surface area contributed by atoms with Gasteiger partial charge in [0.15, 0.2) is 0 Å². The van der Waals surface area contributed by atoms with Crippen molar-refractivity contribution in [3.05, 3.63) is 136 Å². The van der Waals surface area contributed by atoms with Gasteiger partial charge < -0.3 is 29.6 Å². The summed E-state index contributed by atoms with van der Waals surface area (Å²) >= 11 is 0. The Kier molecular flexibility index (Phi) is 12.3. The number of nitrogens with zero attached hydrogens (tertiary/aromatic N) is 4. The van der Waals surface area contributed by atoms with Crippen LogP contribution in [0.3, 0.4) is 0 Å². The Morgan fingerprint density at radius 2 is 1.77 bits per heavy atom. The molecule has 2 saturated heterocycles. The van der Waals surface area contributed by atoms with Crippen molar-refractivity contribution in [1.29, 1.82) is 0 Å². The van der Waals surface area contributed by atoms with Crippen LogP contribution in [0, 0.1) is 16.0 Å². The number of fused-ring (bicyclic) bond motifs is 1. The number of nitrogens with one attached hydrogen (secondary N) is 3. The normalized spacial score (nSPS) is 15.9. The maximum absolute atomic E-state index is 13.9. The van der Waals surface area contributed by atoms with Gasteiger partial charge in [0.05, 0.1) is 27.6 Å². The van der Waals surface area contributed by atoms with E-state index in [1.165, 1.54) is 35.5 Å². The number of likely N-dealkylation sites (N-methyl/N-ethyl adjacent to an activating group) is 1. The number of H-pyrrole nitrogens is 1. The van der Waals surface area contributed by atoms with Gasteiger partial charge in [-0.25, -0.2) is 18.1 Å². The van der Waals surface area contributed by atoms with Crippen LogP contribution in [0.5, 0.6) is 11.5 Å². The zero-order chi connectivity index (χ0) is 42.5. The molecule has 8 rings (SSSR count). The summed E-state index contributed by atoms with van der Waals surface area (Å²) in [5.74, 6) is -0.267. The number of amides is 1. The lowest BCUT2D eigenvalue weighted by Gasteiger charge is -2.29. The number of hydrogen-bond acceptors (Lipinski definition) is 11. The lowest BCUT2D eigenvalue weighted by molar-refractivity contribution is -0.384. The van der Waals surface area contributed by atoms with Crippen LogP contribution in [0.1, 0.15) is 53.2 Å². The fraction of sp³-hybridized carbons (Fsp3) is 0.304. The summed E-state index contributed by atoms with van der Waals surface area (Å²) < 4.78 is 41.1. The molecule has 0 saturated carbocycles. The summed E-state index contributed by atoms with van der Waals surface area (Å²) in [5.41, 5.74) is 5.82. The number of anilines is 2. The Hall–Kier alpha value is -6.29. The van der Waals surface area contributed by atoms with E-state index in [0.29, 0.717) is 31.2 Å². The summed E-state index contributed by atoms with van der Waals surface area (Å²) in [5, 5.41) is 16.0. The van der Waals surface area contributed by atoms with E-state index in [1.54, 1.807) is 24.4 Å². The van der Waals surface area contributed by atoms with Crippen molar-refractivity contribution >= 4 is 44.0 Å². The van der Waals surface area contributed by atoms with E-state index in [1.807, 2.05) is 18.2 Å². The molecular weight excluding hydrogens is 795 g/mol. The van der Waals surface area contributed by atoms with E-state index in [0.717, 1.165) is 73.5 Å². The number of pyridine rings is 1. The molecule has 4 heterocycles. The van der Waals surface area contributed by atoms with Crippen molar-refractivity contribution in [3.8, 4) is 22.6 Å². The Labute approximate surface area is 355 Å². The van der Waals surface area contributed by atoms with E-state index >= 15 is 0 Å². The second kappa shape index (κ2) is 18.1. The number of aromatic nitrogens is 2. The SMILES string of the molecule is CN(C)CCc1ccccc1C1CCCN1c1ccc(-c2ccc(C(=O)NS(=O)(=O)c3ccc(NCC4CCOCC4)c([N+](=O)[O-])c3)c(Oc3cnc4[nH]ccc4c3)c2)cc1. The Morgan fingerprint density at radius 3 is 2.56 bits per heavy atom. The van der Waals surface area contributed by atoms with E-state index < -0.39 is 31.4 Å². The van der Waals surface area contributed by atoms with Crippen molar-refractivity contribution in [1.82, 2.24) is 19.6 Å². The molecule has 316 valence electrons. The summed E-state index contributed by atoms with van der Waals surface area (Å²) in [7, 11) is -0.371. The van der Waals surface area contributed by atoms with Crippen molar-refractivity contribution in [2.75, 3.05) is 57.2 Å². The molecule has 1 amide bonds. The van der Waals surface area contributed by atoms with Gasteiger partial charge in [-0.2, -0.15) is 0 Å². The topological polar surface area (TPSA) is 172 Å². The molecule has 2 fully saturated rings. The van der Waals surface area contributed by atoms with E-state index in [2.05, 4.69) is 80.3 Å². The zero-order valence-electron chi connectivity index (χ0n) is 34.2. The van der Waals surface area contributed by atoms with Crippen molar-refractivity contribution in [2.45, 2.75) is 43.0 Å². The van der Waals surface area contributed by atoms with Gasteiger partial charge in [-0.1, -0.05) is 42.5 Å². The second-order valence-corrected chi connectivity index (χ2v) is 17.5. The lowest BCUT2D eigenvalue weighted by Crippen LogP contribution is -2.31. The fourth-order valence-electron chi connectivity index (χ4n) is 8.17. The number of carbonyl (C=O) groups is 1. The van der Waals surface area contributed by atoms with Gasteiger partial charge in [0.2, 0.25) is 0 Å². The van der Waals surface area contributed by atoms with Gasteiger partial charge in [0.1, 0.15) is 22.8 Å². The number of sulfonamides is 1. The maximum Gasteiger partial charge on any atom is 0.293 e. The molecule has 0 bridgehead atoms. The van der Waals surface area contributed by atoms with Gasteiger partial charge in [-0.3, -0.25) is 14.9 Å². The van der Waals surface area contributed by atoms with Crippen LogP contribution in [0.15, 0.2) is 114 Å². The van der Waals surface area contributed by atoms with E-state index in [4.69, 9.17) is 9.47 Å². The largest absolute Gasteiger partial charge is 0.455 e. The van der Waals surface area contributed by atoms with Crippen LogP contribution < -0.4 is 19.7 Å². The molecule has 2 aliphatic heterocycles. The van der Waals surface area contributed by atoms with Gasteiger partial charge in [0, 0.05) is 56.2 Å². The molecule has 2 aliphatic rings. The number of hydrogen-bond donors (Lipinski definition) is 3. The molecular formula is C46H49N7O7S. The first-order chi connectivity index (χ1) is 29.5. The number of benzene rings is 4. The summed E-state index contributed by atoms with van der Waals surface area (Å²) in [4.78, 5) is 37.0. The molecule has 2 aromatic heterocycles. The highest BCUT2D eigenvalue weighted by molar-refractivity contribution is 7.90. The number of nitro benzene ring substituents is 1. The van der Waals surface area contributed by atoms with Crippen LogP contribution in [0.4, 0.5) is 17.1 Å². The number of aromatic amines is 1. The molecule has 0 aliphatic carbocycles. The minimum atomic E-state index is -4.56. The van der Waals surface area contributed by atoms with Crippen LogP contribution in [0.25, 0.3) is 22.2 Å². The Bertz CT molecular complexity index is 2640. The molecule has 6 aromatic rings.